The predicted octanol–water partition coefficient (Wildman–Crippen LogP) is 1.12. The van der Waals surface area contributed by atoms with E-state index in [2.05, 4.69) is 24.5 Å². The number of piperidine rings is 1. The van der Waals surface area contributed by atoms with Gasteiger partial charge in [0.2, 0.25) is 5.91 Å². The molecule has 22 heavy (non-hydrogen) atoms. The Balaban J connectivity index is 1.55. The van der Waals surface area contributed by atoms with Crippen LogP contribution in [0.2, 0.25) is 0 Å². The number of hydrogen-bond acceptors (Lipinski definition) is 3. The third-order valence-electron chi connectivity index (χ3n) is 5.79. The van der Waals surface area contributed by atoms with Crippen LogP contribution in [0.4, 0.5) is 0 Å². The van der Waals surface area contributed by atoms with Crippen molar-refractivity contribution in [2.45, 2.75) is 45.1 Å². The summed E-state index contributed by atoms with van der Waals surface area (Å²) in [6.45, 7) is 6.20. The molecule has 5 nitrogen and oxygen atoms in total. The van der Waals surface area contributed by atoms with Crippen LogP contribution in [0, 0.1) is 17.8 Å². The monoisotopic (exact) mass is 302 g/mol. The van der Waals surface area contributed by atoms with Crippen LogP contribution in [0.5, 0.6) is 0 Å². The standard InChI is InChI=1S/C17H26N4O/c1-17(2,19-16(22)14-11-8-18-9-12(11)14)15-10-6-4-5-7-13(10)21(3)20-15/h11-12,14,18H,4-9H2,1-3H3,(H,19,22)/t11-,12+,14+. The second-order valence-corrected chi connectivity index (χ2v) is 7.73. The molecule has 0 spiro atoms. The normalized spacial score (nSPS) is 29.9. The highest BCUT2D eigenvalue weighted by Crippen LogP contribution is 2.49. The fraction of sp³-hybridized carbons (Fsp3) is 0.765. The molecule has 3 aliphatic rings. The number of fused-ring (bicyclic) bond motifs is 2. The van der Waals surface area contributed by atoms with Crippen LogP contribution in [0.15, 0.2) is 0 Å². The van der Waals surface area contributed by atoms with Crippen LogP contribution in [0.25, 0.3) is 0 Å². The maximum Gasteiger partial charge on any atom is 0.224 e. The summed E-state index contributed by atoms with van der Waals surface area (Å²) in [6, 6.07) is 0. The van der Waals surface area contributed by atoms with E-state index in [-0.39, 0.29) is 17.4 Å². The minimum Gasteiger partial charge on any atom is -0.345 e. The summed E-state index contributed by atoms with van der Waals surface area (Å²) in [5.41, 5.74) is 3.42. The zero-order valence-corrected chi connectivity index (χ0v) is 13.8. The van der Waals surface area contributed by atoms with Gasteiger partial charge in [0.05, 0.1) is 11.2 Å². The fourth-order valence-electron chi connectivity index (χ4n) is 4.53. The molecular formula is C17H26N4O. The first-order valence-electron chi connectivity index (χ1n) is 8.57. The Morgan fingerprint density at radius 1 is 1.27 bits per heavy atom. The molecule has 2 heterocycles. The quantitative estimate of drug-likeness (QED) is 0.879. The molecule has 4 rings (SSSR count). The van der Waals surface area contributed by atoms with Crippen molar-refractivity contribution in [3.05, 3.63) is 17.0 Å². The van der Waals surface area contributed by atoms with Crippen molar-refractivity contribution in [3.63, 3.8) is 0 Å². The summed E-state index contributed by atoms with van der Waals surface area (Å²) in [5.74, 6) is 1.57. The van der Waals surface area contributed by atoms with Gasteiger partial charge < -0.3 is 10.6 Å². The molecule has 2 N–H and O–H groups in total. The molecule has 1 saturated carbocycles. The van der Waals surface area contributed by atoms with Crippen LogP contribution >= 0.6 is 0 Å². The van der Waals surface area contributed by atoms with Gasteiger partial charge in [0.25, 0.3) is 0 Å². The van der Waals surface area contributed by atoms with E-state index >= 15 is 0 Å². The van der Waals surface area contributed by atoms with Gasteiger partial charge >= 0.3 is 0 Å². The van der Waals surface area contributed by atoms with Gasteiger partial charge in [0.1, 0.15) is 0 Å². The molecule has 3 atom stereocenters. The molecule has 2 fully saturated rings. The number of carbonyl (C=O) groups is 1. The van der Waals surface area contributed by atoms with Crippen molar-refractivity contribution in [1.29, 1.82) is 0 Å². The van der Waals surface area contributed by atoms with E-state index in [0.717, 1.165) is 31.6 Å². The second-order valence-electron chi connectivity index (χ2n) is 7.73. The lowest BCUT2D eigenvalue weighted by Gasteiger charge is -2.27. The first kappa shape index (κ1) is 14.2. The van der Waals surface area contributed by atoms with Crippen LogP contribution < -0.4 is 10.6 Å². The summed E-state index contributed by atoms with van der Waals surface area (Å²) in [7, 11) is 2.03. The Kier molecular flexibility index (Phi) is 3.12. The average molecular weight is 302 g/mol. The third kappa shape index (κ3) is 2.09. The minimum atomic E-state index is -0.385. The number of aryl methyl sites for hydroxylation is 1. The van der Waals surface area contributed by atoms with E-state index in [1.165, 1.54) is 24.1 Å². The van der Waals surface area contributed by atoms with E-state index < -0.39 is 0 Å². The summed E-state index contributed by atoms with van der Waals surface area (Å²) in [5, 5.41) is 11.4. The number of carbonyl (C=O) groups excluding carboxylic acids is 1. The van der Waals surface area contributed by atoms with Crippen molar-refractivity contribution in [1.82, 2.24) is 20.4 Å². The molecule has 1 aromatic rings. The fourth-order valence-corrected chi connectivity index (χ4v) is 4.53. The average Bonchev–Trinajstić information content (AvgIpc) is 2.82. The van der Waals surface area contributed by atoms with Crippen LogP contribution in [-0.2, 0) is 30.2 Å². The smallest absolute Gasteiger partial charge is 0.224 e. The van der Waals surface area contributed by atoms with Gasteiger partial charge in [0, 0.05) is 18.7 Å². The Labute approximate surface area is 131 Å². The van der Waals surface area contributed by atoms with E-state index in [1.54, 1.807) is 0 Å². The number of nitrogens with zero attached hydrogens (tertiary/aromatic N) is 2. The number of amides is 1. The predicted molar refractivity (Wildman–Crippen MR) is 84.4 cm³/mol. The van der Waals surface area contributed by atoms with E-state index in [0.29, 0.717) is 11.8 Å². The number of rotatable bonds is 3. The van der Waals surface area contributed by atoms with Crippen molar-refractivity contribution < 1.29 is 4.79 Å². The molecule has 1 saturated heterocycles. The lowest BCUT2D eigenvalue weighted by atomic mass is 9.88. The van der Waals surface area contributed by atoms with E-state index in [9.17, 15) is 4.79 Å². The molecular weight excluding hydrogens is 276 g/mol. The van der Waals surface area contributed by atoms with E-state index in [4.69, 9.17) is 5.10 Å². The van der Waals surface area contributed by atoms with Gasteiger partial charge in [-0.1, -0.05) is 0 Å². The molecule has 0 unspecified atom stereocenters. The first-order chi connectivity index (χ1) is 10.5. The summed E-state index contributed by atoms with van der Waals surface area (Å²) in [4.78, 5) is 12.6. The molecule has 2 aliphatic carbocycles. The number of aromatic nitrogens is 2. The van der Waals surface area contributed by atoms with Gasteiger partial charge in [-0.2, -0.15) is 5.10 Å². The van der Waals surface area contributed by atoms with Gasteiger partial charge in [-0.3, -0.25) is 9.48 Å². The molecule has 0 bridgehead atoms. The number of hydrogen-bond donors (Lipinski definition) is 2. The maximum absolute atomic E-state index is 12.6. The van der Waals surface area contributed by atoms with Gasteiger partial charge in [-0.05, 0) is 70.0 Å². The van der Waals surface area contributed by atoms with Crippen molar-refractivity contribution in [2.75, 3.05) is 13.1 Å². The molecule has 0 aromatic carbocycles. The lowest BCUT2D eigenvalue weighted by Crippen LogP contribution is -2.44. The Morgan fingerprint density at radius 3 is 2.68 bits per heavy atom. The largest absolute Gasteiger partial charge is 0.345 e. The zero-order valence-electron chi connectivity index (χ0n) is 13.8. The summed E-state index contributed by atoms with van der Waals surface area (Å²) >= 11 is 0. The third-order valence-corrected chi connectivity index (χ3v) is 5.79. The van der Waals surface area contributed by atoms with Gasteiger partial charge in [-0.15, -0.1) is 0 Å². The highest BCUT2D eigenvalue weighted by Gasteiger charge is 2.57. The van der Waals surface area contributed by atoms with Crippen molar-refractivity contribution in [3.8, 4) is 0 Å². The summed E-state index contributed by atoms with van der Waals surface area (Å²) < 4.78 is 2.02. The van der Waals surface area contributed by atoms with Gasteiger partial charge in [-0.25, -0.2) is 0 Å². The van der Waals surface area contributed by atoms with Crippen LogP contribution in [0.3, 0.4) is 0 Å². The Hall–Kier alpha value is -1.36. The number of nitrogens with one attached hydrogen (secondary N) is 2. The molecule has 120 valence electrons. The zero-order chi connectivity index (χ0) is 15.5. The van der Waals surface area contributed by atoms with Crippen LogP contribution in [-0.4, -0.2) is 28.8 Å². The highest BCUT2D eigenvalue weighted by atomic mass is 16.2. The Morgan fingerprint density at radius 2 is 1.95 bits per heavy atom. The first-order valence-corrected chi connectivity index (χ1v) is 8.57. The SMILES string of the molecule is Cn1nc(C(C)(C)NC(=O)[C@H]2[C@@H]3CNC[C@@H]32)c2c1CCCC2. The highest BCUT2D eigenvalue weighted by molar-refractivity contribution is 5.83. The van der Waals surface area contributed by atoms with Crippen molar-refractivity contribution >= 4 is 5.91 Å². The molecule has 1 aromatic heterocycles. The molecule has 0 radical (unpaired) electrons. The maximum atomic E-state index is 12.6. The Bertz CT molecular complexity index is 608. The second kappa shape index (κ2) is 4.82. The molecule has 1 amide bonds. The van der Waals surface area contributed by atoms with Crippen molar-refractivity contribution in [2.24, 2.45) is 24.8 Å². The topological polar surface area (TPSA) is 59.0 Å². The van der Waals surface area contributed by atoms with Crippen LogP contribution in [0.1, 0.15) is 43.6 Å². The van der Waals surface area contributed by atoms with Gasteiger partial charge in [0.15, 0.2) is 0 Å². The van der Waals surface area contributed by atoms with E-state index in [1.807, 2.05) is 11.7 Å². The summed E-state index contributed by atoms with van der Waals surface area (Å²) in [6.07, 6.45) is 4.68. The molecule has 1 aliphatic heterocycles. The lowest BCUT2D eigenvalue weighted by molar-refractivity contribution is -0.124. The minimum absolute atomic E-state index is 0.219. The molecule has 5 heteroatoms.